The van der Waals surface area contributed by atoms with Gasteiger partial charge in [0, 0.05) is 24.8 Å². The molecule has 0 aliphatic carbocycles. The van der Waals surface area contributed by atoms with E-state index in [-0.39, 0.29) is 16.1 Å². The SMILES string of the molecule is O=C(COC(=O)c1ccc(S(=O)(=O)N2CCCCCC2)cc1)Nc1ccc(F)c([N+](=O)[O-])c1. The summed E-state index contributed by atoms with van der Waals surface area (Å²) in [6, 6.07) is 8.04. The Morgan fingerprint density at radius 1 is 1.06 bits per heavy atom. The number of halogens is 1. The second-order valence-electron chi connectivity index (χ2n) is 7.39. The summed E-state index contributed by atoms with van der Waals surface area (Å²) < 4.78 is 45.3. The number of nitrogens with zero attached hydrogens (tertiary/aromatic N) is 2. The largest absolute Gasteiger partial charge is 0.452 e. The molecule has 0 atom stereocenters. The summed E-state index contributed by atoms with van der Waals surface area (Å²) in [7, 11) is -3.66. The minimum Gasteiger partial charge on any atom is -0.452 e. The lowest BCUT2D eigenvalue weighted by Crippen LogP contribution is -2.31. The molecule has 10 nitrogen and oxygen atoms in total. The Morgan fingerprint density at radius 2 is 1.70 bits per heavy atom. The molecule has 1 saturated heterocycles. The zero-order valence-corrected chi connectivity index (χ0v) is 18.3. The number of carbonyl (C=O) groups is 2. The fourth-order valence-corrected chi connectivity index (χ4v) is 4.85. The molecule has 2 aromatic carbocycles. The van der Waals surface area contributed by atoms with Crippen LogP contribution >= 0.6 is 0 Å². The number of nitro benzene ring substituents is 1. The van der Waals surface area contributed by atoms with Crippen molar-refractivity contribution >= 4 is 33.3 Å². The van der Waals surface area contributed by atoms with E-state index in [4.69, 9.17) is 4.74 Å². The normalized spacial score (nSPS) is 14.8. The number of carbonyl (C=O) groups excluding carboxylic acids is 2. The third-order valence-electron chi connectivity index (χ3n) is 5.05. The highest BCUT2D eigenvalue weighted by atomic mass is 32.2. The van der Waals surface area contributed by atoms with Gasteiger partial charge in [0.1, 0.15) is 0 Å². The molecule has 1 heterocycles. The van der Waals surface area contributed by atoms with Crippen LogP contribution in [0.3, 0.4) is 0 Å². The Kier molecular flexibility index (Phi) is 7.71. The Morgan fingerprint density at radius 3 is 2.30 bits per heavy atom. The van der Waals surface area contributed by atoms with Crippen molar-refractivity contribution in [2.24, 2.45) is 0 Å². The number of nitro groups is 1. The number of hydrogen-bond acceptors (Lipinski definition) is 7. The van der Waals surface area contributed by atoms with Gasteiger partial charge in [-0.1, -0.05) is 12.8 Å². The number of benzene rings is 2. The summed E-state index contributed by atoms with van der Waals surface area (Å²) in [6.45, 7) is 0.217. The number of esters is 1. The number of rotatable bonds is 7. The monoisotopic (exact) mass is 479 g/mol. The van der Waals surface area contributed by atoms with Gasteiger partial charge in [0.25, 0.3) is 5.91 Å². The number of amides is 1. The first kappa shape index (κ1) is 24.3. The van der Waals surface area contributed by atoms with E-state index in [0.717, 1.165) is 43.9 Å². The molecule has 1 aliphatic heterocycles. The third-order valence-corrected chi connectivity index (χ3v) is 6.97. The number of hydrogen-bond donors (Lipinski definition) is 1. The first-order chi connectivity index (χ1) is 15.7. The summed E-state index contributed by atoms with van der Waals surface area (Å²) in [6.07, 6.45) is 3.58. The predicted octanol–water partition coefficient (Wildman–Crippen LogP) is 3.09. The summed E-state index contributed by atoms with van der Waals surface area (Å²) in [4.78, 5) is 34.1. The van der Waals surface area contributed by atoms with Gasteiger partial charge in [-0.3, -0.25) is 14.9 Å². The zero-order chi connectivity index (χ0) is 24.0. The fourth-order valence-electron chi connectivity index (χ4n) is 3.34. The van der Waals surface area contributed by atoms with Crippen molar-refractivity contribution in [2.45, 2.75) is 30.6 Å². The van der Waals surface area contributed by atoms with Gasteiger partial charge in [0.2, 0.25) is 15.8 Å². The molecule has 1 amide bonds. The molecule has 0 spiro atoms. The molecule has 176 valence electrons. The first-order valence-corrected chi connectivity index (χ1v) is 11.6. The predicted molar refractivity (Wildman–Crippen MR) is 116 cm³/mol. The van der Waals surface area contributed by atoms with Crippen molar-refractivity contribution in [2.75, 3.05) is 25.0 Å². The average Bonchev–Trinajstić information content (AvgIpc) is 3.09. The van der Waals surface area contributed by atoms with E-state index in [9.17, 15) is 32.5 Å². The molecule has 0 saturated carbocycles. The Bertz CT molecular complexity index is 1140. The van der Waals surface area contributed by atoms with E-state index < -0.39 is 44.9 Å². The van der Waals surface area contributed by atoms with Crippen LogP contribution in [-0.2, 0) is 19.6 Å². The van der Waals surface area contributed by atoms with Gasteiger partial charge in [-0.2, -0.15) is 8.70 Å². The molecule has 1 N–H and O–H groups in total. The Labute approximate surface area is 189 Å². The number of ether oxygens (including phenoxy) is 1. The molecular formula is C21H22FN3O7S. The highest BCUT2D eigenvalue weighted by Crippen LogP contribution is 2.22. The standard InChI is InChI=1S/C21H22FN3O7S/c22-18-10-7-16(13-19(18)25(28)29)23-20(26)14-32-21(27)15-5-8-17(9-6-15)33(30,31)24-11-3-1-2-4-12-24/h5-10,13H,1-4,11-12,14H2,(H,23,26). The molecule has 33 heavy (non-hydrogen) atoms. The van der Waals surface area contributed by atoms with Gasteiger partial charge in [0.05, 0.1) is 15.4 Å². The number of nitrogens with one attached hydrogen (secondary N) is 1. The maximum atomic E-state index is 13.4. The van der Waals surface area contributed by atoms with Gasteiger partial charge >= 0.3 is 11.7 Å². The van der Waals surface area contributed by atoms with E-state index >= 15 is 0 Å². The highest BCUT2D eigenvalue weighted by molar-refractivity contribution is 7.89. The first-order valence-electron chi connectivity index (χ1n) is 10.2. The van der Waals surface area contributed by atoms with Crippen LogP contribution in [-0.4, -0.2) is 49.2 Å². The lowest BCUT2D eigenvalue weighted by Gasteiger charge is -2.19. The van der Waals surface area contributed by atoms with Crippen molar-refractivity contribution in [3.8, 4) is 0 Å². The van der Waals surface area contributed by atoms with Crippen molar-refractivity contribution in [3.63, 3.8) is 0 Å². The topological polar surface area (TPSA) is 136 Å². The summed E-state index contributed by atoms with van der Waals surface area (Å²) in [5.74, 6) is -2.69. The molecule has 1 aliphatic rings. The Balaban J connectivity index is 1.58. The van der Waals surface area contributed by atoms with E-state index in [1.165, 1.54) is 28.6 Å². The van der Waals surface area contributed by atoms with Crippen LogP contribution in [0.1, 0.15) is 36.0 Å². The average molecular weight is 479 g/mol. The van der Waals surface area contributed by atoms with E-state index in [1.54, 1.807) is 0 Å². The van der Waals surface area contributed by atoms with Gasteiger partial charge in [-0.05, 0) is 49.2 Å². The fraction of sp³-hybridized carbons (Fsp3) is 0.333. The molecule has 0 aromatic heterocycles. The van der Waals surface area contributed by atoms with Crippen LogP contribution in [0.15, 0.2) is 47.4 Å². The molecular weight excluding hydrogens is 457 g/mol. The maximum Gasteiger partial charge on any atom is 0.338 e. The number of anilines is 1. The van der Waals surface area contributed by atoms with Crippen LogP contribution < -0.4 is 5.32 Å². The third kappa shape index (κ3) is 6.11. The quantitative estimate of drug-likeness (QED) is 0.366. The second-order valence-corrected chi connectivity index (χ2v) is 9.33. The zero-order valence-electron chi connectivity index (χ0n) is 17.5. The van der Waals surface area contributed by atoms with Crippen molar-refractivity contribution in [1.29, 1.82) is 0 Å². The highest BCUT2D eigenvalue weighted by Gasteiger charge is 2.25. The molecule has 1 fully saturated rings. The molecule has 0 bridgehead atoms. The molecule has 0 radical (unpaired) electrons. The molecule has 12 heteroatoms. The van der Waals surface area contributed by atoms with E-state index in [2.05, 4.69) is 5.32 Å². The number of sulfonamides is 1. The van der Waals surface area contributed by atoms with Crippen molar-refractivity contribution in [3.05, 3.63) is 64.0 Å². The van der Waals surface area contributed by atoms with Gasteiger partial charge < -0.3 is 10.1 Å². The van der Waals surface area contributed by atoms with Gasteiger partial charge in [-0.15, -0.1) is 0 Å². The van der Waals surface area contributed by atoms with Crippen molar-refractivity contribution < 1.29 is 32.1 Å². The molecule has 0 unspecified atom stereocenters. The Hall–Kier alpha value is -3.38. The minimum atomic E-state index is -3.66. The van der Waals surface area contributed by atoms with Crippen LogP contribution in [0.25, 0.3) is 0 Å². The summed E-state index contributed by atoms with van der Waals surface area (Å²) in [5.41, 5.74) is -0.790. The molecule has 2 aromatic rings. The van der Waals surface area contributed by atoms with E-state index in [1.807, 2.05) is 0 Å². The summed E-state index contributed by atoms with van der Waals surface area (Å²) in [5, 5.41) is 13.0. The van der Waals surface area contributed by atoms with Crippen LogP contribution in [0, 0.1) is 15.9 Å². The maximum absolute atomic E-state index is 13.4. The van der Waals surface area contributed by atoms with Crippen LogP contribution in [0.4, 0.5) is 15.8 Å². The smallest absolute Gasteiger partial charge is 0.338 e. The second kappa shape index (κ2) is 10.5. The summed E-state index contributed by atoms with van der Waals surface area (Å²) >= 11 is 0. The van der Waals surface area contributed by atoms with Gasteiger partial charge in [0.15, 0.2) is 6.61 Å². The van der Waals surface area contributed by atoms with Crippen LogP contribution in [0.2, 0.25) is 0 Å². The van der Waals surface area contributed by atoms with Crippen LogP contribution in [0.5, 0.6) is 0 Å². The molecule has 3 rings (SSSR count). The lowest BCUT2D eigenvalue weighted by atomic mass is 10.2. The van der Waals surface area contributed by atoms with Crippen molar-refractivity contribution in [1.82, 2.24) is 4.31 Å². The lowest BCUT2D eigenvalue weighted by molar-refractivity contribution is -0.387. The van der Waals surface area contributed by atoms with E-state index in [0.29, 0.717) is 13.1 Å². The van der Waals surface area contributed by atoms with Gasteiger partial charge in [-0.25, -0.2) is 13.2 Å². The minimum absolute atomic E-state index is 0.0350.